The van der Waals surface area contributed by atoms with E-state index in [-0.39, 0.29) is 11.8 Å². The van der Waals surface area contributed by atoms with Gasteiger partial charge in [-0.05, 0) is 49.1 Å². The summed E-state index contributed by atoms with van der Waals surface area (Å²) in [5.74, 6) is 0.866. The van der Waals surface area contributed by atoms with E-state index in [1.165, 1.54) is 0 Å². The number of nitrogens with zero attached hydrogens (tertiary/aromatic N) is 1. The quantitative estimate of drug-likeness (QED) is 0.805. The second kappa shape index (κ2) is 7.90. The lowest BCUT2D eigenvalue weighted by Gasteiger charge is -2.17. The Kier molecular flexibility index (Phi) is 6.52. The molecule has 4 heteroatoms. The summed E-state index contributed by atoms with van der Waals surface area (Å²) in [6, 6.07) is 7.83. The van der Waals surface area contributed by atoms with Crippen molar-refractivity contribution < 1.29 is 4.79 Å². The summed E-state index contributed by atoms with van der Waals surface area (Å²) < 4.78 is 0. The van der Waals surface area contributed by atoms with Gasteiger partial charge in [0.25, 0.3) is 0 Å². The molecule has 0 saturated heterocycles. The van der Waals surface area contributed by atoms with Gasteiger partial charge in [0.2, 0.25) is 5.91 Å². The van der Waals surface area contributed by atoms with Gasteiger partial charge >= 0.3 is 0 Å². The van der Waals surface area contributed by atoms with Gasteiger partial charge in [0, 0.05) is 31.9 Å². The van der Waals surface area contributed by atoms with E-state index in [9.17, 15) is 4.79 Å². The lowest BCUT2D eigenvalue weighted by Crippen LogP contribution is -2.23. The Balaban J connectivity index is 2.52. The molecule has 0 saturated carbocycles. The maximum atomic E-state index is 12.0. The van der Waals surface area contributed by atoms with Crippen molar-refractivity contribution in [2.24, 2.45) is 17.6 Å². The topological polar surface area (TPSA) is 58.4 Å². The van der Waals surface area contributed by atoms with Crippen molar-refractivity contribution in [3.63, 3.8) is 0 Å². The zero-order valence-corrected chi connectivity index (χ0v) is 13.0. The highest BCUT2D eigenvalue weighted by molar-refractivity contribution is 5.91. The van der Waals surface area contributed by atoms with Crippen molar-refractivity contribution >= 4 is 17.3 Å². The van der Waals surface area contributed by atoms with E-state index in [1.807, 2.05) is 43.3 Å². The molecule has 1 aromatic rings. The first-order valence-corrected chi connectivity index (χ1v) is 7.19. The molecule has 1 atom stereocenters. The summed E-state index contributed by atoms with van der Waals surface area (Å²) in [7, 11) is 3.98. The van der Waals surface area contributed by atoms with E-state index < -0.39 is 0 Å². The molecule has 1 amide bonds. The highest BCUT2D eigenvalue weighted by Gasteiger charge is 2.14. The minimum absolute atomic E-state index is 0.0405. The predicted octanol–water partition coefficient (Wildman–Crippen LogP) is 2.70. The molecule has 4 nitrogen and oxygen atoms in total. The van der Waals surface area contributed by atoms with Crippen LogP contribution < -0.4 is 16.0 Å². The second-order valence-corrected chi connectivity index (χ2v) is 5.92. The Morgan fingerprint density at radius 2 is 1.85 bits per heavy atom. The Hall–Kier alpha value is -1.55. The standard InChI is InChI=1S/C16H27N3O/c1-12(2)9-13(11-17)10-16(20)18-14-5-7-15(8-6-14)19(3)4/h5-8,12-13H,9-11,17H2,1-4H3,(H,18,20). The van der Waals surface area contributed by atoms with Crippen LogP contribution in [0.2, 0.25) is 0 Å². The van der Waals surface area contributed by atoms with Gasteiger partial charge in [0.1, 0.15) is 0 Å². The van der Waals surface area contributed by atoms with Crippen molar-refractivity contribution in [3.8, 4) is 0 Å². The van der Waals surface area contributed by atoms with Crippen molar-refractivity contribution in [2.75, 3.05) is 30.9 Å². The first-order chi connectivity index (χ1) is 9.42. The number of hydrogen-bond acceptors (Lipinski definition) is 3. The van der Waals surface area contributed by atoms with Gasteiger partial charge in [-0.25, -0.2) is 0 Å². The van der Waals surface area contributed by atoms with Crippen LogP contribution >= 0.6 is 0 Å². The van der Waals surface area contributed by atoms with Crippen LogP contribution in [0.4, 0.5) is 11.4 Å². The molecule has 0 spiro atoms. The van der Waals surface area contributed by atoms with Crippen LogP contribution in [0.25, 0.3) is 0 Å². The number of benzene rings is 1. The molecule has 112 valence electrons. The highest BCUT2D eigenvalue weighted by Crippen LogP contribution is 2.18. The third-order valence-corrected chi connectivity index (χ3v) is 3.28. The van der Waals surface area contributed by atoms with Crippen LogP contribution in [0, 0.1) is 11.8 Å². The number of amides is 1. The molecule has 0 bridgehead atoms. The van der Waals surface area contributed by atoms with Crippen LogP contribution in [-0.2, 0) is 4.79 Å². The number of nitrogens with one attached hydrogen (secondary N) is 1. The summed E-state index contributed by atoms with van der Waals surface area (Å²) in [5.41, 5.74) is 7.68. The molecule has 0 aliphatic rings. The molecule has 0 aliphatic heterocycles. The van der Waals surface area contributed by atoms with Gasteiger partial charge in [0.15, 0.2) is 0 Å². The lowest BCUT2D eigenvalue weighted by molar-refractivity contribution is -0.117. The third-order valence-electron chi connectivity index (χ3n) is 3.28. The minimum atomic E-state index is 0.0405. The SMILES string of the molecule is CC(C)CC(CN)CC(=O)Nc1ccc(N(C)C)cc1. The maximum absolute atomic E-state index is 12.0. The smallest absolute Gasteiger partial charge is 0.224 e. The number of carbonyl (C=O) groups excluding carboxylic acids is 1. The van der Waals surface area contributed by atoms with Crippen molar-refractivity contribution in [3.05, 3.63) is 24.3 Å². The largest absolute Gasteiger partial charge is 0.378 e. The fourth-order valence-electron chi connectivity index (χ4n) is 2.25. The van der Waals surface area contributed by atoms with Crippen LogP contribution in [0.1, 0.15) is 26.7 Å². The number of nitrogens with two attached hydrogens (primary N) is 1. The molecule has 20 heavy (non-hydrogen) atoms. The van der Waals surface area contributed by atoms with E-state index in [0.29, 0.717) is 18.9 Å². The summed E-state index contributed by atoms with van der Waals surface area (Å²) in [6.45, 7) is 4.87. The molecule has 1 unspecified atom stereocenters. The normalized spacial score (nSPS) is 12.3. The second-order valence-electron chi connectivity index (χ2n) is 5.92. The fraction of sp³-hybridized carbons (Fsp3) is 0.562. The lowest BCUT2D eigenvalue weighted by atomic mass is 9.94. The zero-order chi connectivity index (χ0) is 15.1. The van der Waals surface area contributed by atoms with Gasteiger partial charge in [-0.3, -0.25) is 4.79 Å². The maximum Gasteiger partial charge on any atom is 0.224 e. The van der Waals surface area contributed by atoms with Crippen molar-refractivity contribution in [2.45, 2.75) is 26.7 Å². The molecule has 1 rings (SSSR count). The predicted molar refractivity (Wildman–Crippen MR) is 86.0 cm³/mol. The van der Waals surface area contributed by atoms with Crippen LogP contribution in [0.15, 0.2) is 24.3 Å². The van der Waals surface area contributed by atoms with Crippen molar-refractivity contribution in [1.82, 2.24) is 0 Å². The molecule has 0 aromatic heterocycles. The first-order valence-electron chi connectivity index (χ1n) is 7.19. The fourth-order valence-corrected chi connectivity index (χ4v) is 2.25. The van der Waals surface area contributed by atoms with E-state index in [4.69, 9.17) is 5.73 Å². The Morgan fingerprint density at radius 3 is 2.30 bits per heavy atom. The van der Waals surface area contributed by atoms with E-state index in [2.05, 4.69) is 19.2 Å². The molecule has 3 N–H and O–H groups in total. The molecule has 0 aliphatic carbocycles. The van der Waals surface area contributed by atoms with Gasteiger partial charge in [-0.15, -0.1) is 0 Å². The molecule has 0 radical (unpaired) electrons. The van der Waals surface area contributed by atoms with Gasteiger partial charge in [-0.1, -0.05) is 13.8 Å². The number of hydrogen-bond donors (Lipinski definition) is 2. The summed E-state index contributed by atoms with van der Waals surface area (Å²) >= 11 is 0. The number of anilines is 2. The average molecular weight is 277 g/mol. The molecular formula is C16H27N3O. The highest BCUT2D eigenvalue weighted by atomic mass is 16.1. The Bertz CT molecular complexity index is 412. The van der Waals surface area contributed by atoms with E-state index in [0.717, 1.165) is 17.8 Å². The van der Waals surface area contributed by atoms with Gasteiger partial charge in [0.05, 0.1) is 0 Å². The molecule has 0 fully saturated rings. The van der Waals surface area contributed by atoms with Crippen molar-refractivity contribution in [1.29, 1.82) is 0 Å². The third kappa shape index (κ3) is 5.61. The number of rotatable bonds is 7. The Labute approximate surface area is 122 Å². The molecule has 1 aromatic carbocycles. The average Bonchev–Trinajstić information content (AvgIpc) is 2.37. The summed E-state index contributed by atoms with van der Waals surface area (Å²) in [4.78, 5) is 14.0. The number of carbonyl (C=O) groups is 1. The first kappa shape index (κ1) is 16.5. The van der Waals surface area contributed by atoms with E-state index in [1.54, 1.807) is 0 Å². The van der Waals surface area contributed by atoms with Gasteiger partial charge < -0.3 is 16.0 Å². The molecule has 0 heterocycles. The van der Waals surface area contributed by atoms with E-state index >= 15 is 0 Å². The van der Waals surface area contributed by atoms with Crippen LogP contribution in [0.3, 0.4) is 0 Å². The van der Waals surface area contributed by atoms with Gasteiger partial charge in [-0.2, -0.15) is 0 Å². The monoisotopic (exact) mass is 277 g/mol. The minimum Gasteiger partial charge on any atom is -0.378 e. The zero-order valence-electron chi connectivity index (χ0n) is 13.0. The summed E-state index contributed by atoms with van der Waals surface area (Å²) in [6.07, 6.45) is 1.48. The van der Waals surface area contributed by atoms with Crippen LogP contribution in [0.5, 0.6) is 0 Å². The Morgan fingerprint density at radius 1 is 1.25 bits per heavy atom. The van der Waals surface area contributed by atoms with Crippen LogP contribution in [-0.4, -0.2) is 26.5 Å². The molecular weight excluding hydrogens is 250 g/mol. The summed E-state index contributed by atoms with van der Waals surface area (Å²) in [5, 5.41) is 2.93.